The highest BCUT2D eigenvalue weighted by atomic mass is 32.1. The van der Waals surface area contributed by atoms with Crippen LogP contribution in [0.2, 0.25) is 0 Å². The fraction of sp³-hybridized carbons (Fsp3) is 0.500. The SMILES string of the molecule is CCCCCC(=O)NC(=S)N1CCNC(=O)[C@@H]1CC(=O)OCc1ccccc1. The zero-order valence-electron chi connectivity index (χ0n) is 16.1. The van der Waals surface area contributed by atoms with Gasteiger partial charge in [-0.3, -0.25) is 14.4 Å². The Labute approximate surface area is 170 Å². The monoisotopic (exact) mass is 405 g/mol. The maximum absolute atomic E-state index is 12.3. The lowest BCUT2D eigenvalue weighted by molar-refractivity contribution is -0.148. The van der Waals surface area contributed by atoms with Crippen molar-refractivity contribution in [2.75, 3.05) is 13.1 Å². The lowest BCUT2D eigenvalue weighted by atomic mass is 10.1. The third kappa shape index (κ3) is 6.92. The number of unbranched alkanes of at least 4 members (excludes halogenated alkanes) is 2. The van der Waals surface area contributed by atoms with Crippen molar-refractivity contribution >= 4 is 35.1 Å². The summed E-state index contributed by atoms with van der Waals surface area (Å²) in [6.45, 7) is 3.04. The van der Waals surface area contributed by atoms with Crippen LogP contribution >= 0.6 is 12.2 Å². The molecule has 0 radical (unpaired) electrons. The molecule has 1 aliphatic rings. The van der Waals surface area contributed by atoms with Crippen molar-refractivity contribution in [2.45, 2.75) is 51.7 Å². The number of carbonyl (C=O) groups excluding carboxylic acids is 3. The molecule has 0 spiro atoms. The summed E-state index contributed by atoms with van der Waals surface area (Å²) in [5, 5.41) is 5.59. The normalized spacial score (nSPS) is 16.2. The zero-order valence-corrected chi connectivity index (χ0v) is 16.9. The Morgan fingerprint density at radius 3 is 2.75 bits per heavy atom. The van der Waals surface area contributed by atoms with Gasteiger partial charge in [0, 0.05) is 19.5 Å². The topological polar surface area (TPSA) is 87.7 Å². The first-order valence-corrected chi connectivity index (χ1v) is 9.99. The highest BCUT2D eigenvalue weighted by Crippen LogP contribution is 2.12. The van der Waals surface area contributed by atoms with E-state index < -0.39 is 12.0 Å². The van der Waals surface area contributed by atoms with Gasteiger partial charge in [0.2, 0.25) is 11.8 Å². The van der Waals surface area contributed by atoms with E-state index in [0.29, 0.717) is 19.5 Å². The Bertz CT molecular complexity index is 696. The van der Waals surface area contributed by atoms with E-state index in [-0.39, 0.29) is 30.0 Å². The molecule has 2 N–H and O–H groups in total. The van der Waals surface area contributed by atoms with Crippen LogP contribution < -0.4 is 10.6 Å². The van der Waals surface area contributed by atoms with Gasteiger partial charge in [-0.1, -0.05) is 50.1 Å². The quantitative estimate of drug-likeness (QED) is 0.390. The van der Waals surface area contributed by atoms with Gasteiger partial charge in [0.15, 0.2) is 5.11 Å². The van der Waals surface area contributed by atoms with Gasteiger partial charge in [-0.2, -0.15) is 0 Å². The van der Waals surface area contributed by atoms with Crippen LogP contribution in [0, 0.1) is 0 Å². The Hall–Kier alpha value is -2.48. The number of carbonyl (C=O) groups is 3. The number of benzene rings is 1. The van der Waals surface area contributed by atoms with E-state index in [0.717, 1.165) is 24.8 Å². The fourth-order valence-corrected chi connectivity index (χ4v) is 3.24. The molecule has 8 heteroatoms. The van der Waals surface area contributed by atoms with Crippen LogP contribution in [0.1, 0.15) is 44.6 Å². The molecule has 28 heavy (non-hydrogen) atoms. The van der Waals surface area contributed by atoms with Crippen molar-refractivity contribution in [1.82, 2.24) is 15.5 Å². The fourth-order valence-electron chi connectivity index (χ4n) is 2.90. The van der Waals surface area contributed by atoms with E-state index in [4.69, 9.17) is 17.0 Å². The number of amides is 2. The van der Waals surface area contributed by atoms with Gasteiger partial charge in [0.1, 0.15) is 12.6 Å². The third-order valence-corrected chi connectivity index (χ3v) is 4.78. The molecule has 0 aromatic heterocycles. The minimum atomic E-state index is -0.791. The molecule has 0 saturated carbocycles. The van der Waals surface area contributed by atoms with Gasteiger partial charge >= 0.3 is 5.97 Å². The molecule has 1 atom stereocenters. The molecular formula is C20H27N3O4S. The Morgan fingerprint density at radius 2 is 2.04 bits per heavy atom. The highest BCUT2D eigenvalue weighted by molar-refractivity contribution is 7.80. The molecule has 1 aromatic carbocycles. The van der Waals surface area contributed by atoms with Crippen LogP contribution in [0.15, 0.2) is 30.3 Å². The van der Waals surface area contributed by atoms with Gasteiger partial charge in [-0.05, 0) is 24.2 Å². The predicted molar refractivity (Wildman–Crippen MR) is 109 cm³/mol. The van der Waals surface area contributed by atoms with Crippen LogP contribution in [-0.4, -0.2) is 46.9 Å². The van der Waals surface area contributed by atoms with Crippen molar-refractivity contribution in [3.05, 3.63) is 35.9 Å². The van der Waals surface area contributed by atoms with Gasteiger partial charge in [0.25, 0.3) is 0 Å². The first kappa shape index (κ1) is 21.8. The van der Waals surface area contributed by atoms with Crippen molar-refractivity contribution in [1.29, 1.82) is 0 Å². The first-order valence-electron chi connectivity index (χ1n) is 9.59. The second-order valence-electron chi connectivity index (χ2n) is 6.66. The molecule has 2 rings (SSSR count). The number of hydrogen-bond donors (Lipinski definition) is 2. The number of ether oxygens (including phenoxy) is 1. The smallest absolute Gasteiger partial charge is 0.308 e. The molecular weight excluding hydrogens is 378 g/mol. The Morgan fingerprint density at radius 1 is 1.29 bits per heavy atom. The number of nitrogens with one attached hydrogen (secondary N) is 2. The molecule has 152 valence electrons. The van der Waals surface area contributed by atoms with Crippen LogP contribution in [0.3, 0.4) is 0 Å². The second kappa shape index (κ2) is 11.4. The van der Waals surface area contributed by atoms with E-state index in [1.807, 2.05) is 30.3 Å². The maximum atomic E-state index is 12.3. The molecule has 1 aromatic rings. The summed E-state index contributed by atoms with van der Waals surface area (Å²) in [6.07, 6.45) is 3.04. The number of thiocarbonyl (C=S) groups is 1. The van der Waals surface area contributed by atoms with Crippen molar-refractivity contribution in [3.63, 3.8) is 0 Å². The van der Waals surface area contributed by atoms with E-state index >= 15 is 0 Å². The largest absolute Gasteiger partial charge is 0.461 e. The minimum absolute atomic E-state index is 0.134. The third-order valence-electron chi connectivity index (χ3n) is 4.45. The summed E-state index contributed by atoms with van der Waals surface area (Å²) in [7, 11) is 0. The van der Waals surface area contributed by atoms with Crippen molar-refractivity contribution in [3.8, 4) is 0 Å². The summed E-state index contributed by atoms with van der Waals surface area (Å²) in [4.78, 5) is 38.1. The van der Waals surface area contributed by atoms with Crippen molar-refractivity contribution in [2.24, 2.45) is 0 Å². The molecule has 0 aliphatic carbocycles. The van der Waals surface area contributed by atoms with E-state index in [1.165, 1.54) is 0 Å². The molecule has 1 saturated heterocycles. The van der Waals surface area contributed by atoms with E-state index in [9.17, 15) is 14.4 Å². The number of hydrogen-bond acceptors (Lipinski definition) is 5. The highest BCUT2D eigenvalue weighted by Gasteiger charge is 2.34. The van der Waals surface area contributed by atoms with Gasteiger partial charge in [-0.15, -0.1) is 0 Å². The molecule has 7 nitrogen and oxygen atoms in total. The van der Waals surface area contributed by atoms with Crippen LogP contribution in [0.5, 0.6) is 0 Å². The summed E-state index contributed by atoms with van der Waals surface area (Å²) >= 11 is 5.31. The summed E-state index contributed by atoms with van der Waals surface area (Å²) in [6, 6.07) is 8.53. The molecule has 1 fully saturated rings. The first-order chi connectivity index (χ1) is 13.5. The zero-order chi connectivity index (χ0) is 20.4. The lowest BCUT2D eigenvalue weighted by Gasteiger charge is -2.36. The second-order valence-corrected chi connectivity index (χ2v) is 7.05. The van der Waals surface area contributed by atoms with Gasteiger partial charge in [-0.25, -0.2) is 0 Å². The van der Waals surface area contributed by atoms with Gasteiger partial charge in [0.05, 0.1) is 6.42 Å². The molecule has 0 bridgehead atoms. The van der Waals surface area contributed by atoms with Crippen molar-refractivity contribution < 1.29 is 19.1 Å². The lowest BCUT2D eigenvalue weighted by Crippen LogP contribution is -2.60. The van der Waals surface area contributed by atoms with Crippen LogP contribution in [0.25, 0.3) is 0 Å². The minimum Gasteiger partial charge on any atom is -0.461 e. The molecule has 2 amide bonds. The van der Waals surface area contributed by atoms with E-state index in [2.05, 4.69) is 17.6 Å². The maximum Gasteiger partial charge on any atom is 0.308 e. The number of esters is 1. The van der Waals surface area contributed by atoms with E-state index in [1.54, 1.807) is 4.90 Å². The number of nitrogens with zero attached hydrogens (tertiary/aromatic N) is 1. The Balaban J connectivity index is 1.89. The average Bonchev–Trinajstić information content (AvgIpc) is 2.69. The van der Waals surface area contributed by atoms with Crippen LogP contribution in [0.4, 0.5) is 0 Å². The number of rotatable bonds is 8. The molecule has 1 aliphatic heterocycles. The Kier molecular flexibility index (Phi) is 8.87. The molecule has 0 unspecified atom stereocenters. The standard InChI is InChI=1S/C20H27N3O4S/c1-2-3-5-10-17(24)22-20(28)23-12-11-21-19(26)16(23)13-18(25)27-14-15-8-6-4-7-9-15/h4,6-9,16H,2-3,5,10-14H2,1H3,(H,21,26)(H,22,24,28)/t16-/m0/s1. The summed E-state index contributed by atoms with van der Waals surface area (Å²) in [5.74, 6) is -0.965. The summed E-state index contributed by atoms with van der Waals surface area (Å²) < 4.78 is 5.28. The average molecular weight is 406 g/mol. The van der Waals surface area contributed by atoms with Crippen LogP contribution in [-0.2, 0) is 25.7 Å². The predicted octanol–water partition coefficient (Wildman–Crippen LogP) is 1.90. The van der Waals surface area contributed by atoms with Gasteiger partial charge < -0.3 is 20.3 Å². The number of piperazine rings is 1. The molecule has 1 heterocycles. The summed E-state index contributed by atoms with van der Waals surface area (Å²) in [5.41, 5.74) is 0.871.